The van der Waals surface area contributed by atoms with Crippen molar-refractivity contribution in [2.24, 2.45) is 0 Å². The van der Waals surface area contributed by atoms with Crippen LogP contribution in [0.15, 0.2) is 107 Å². The molecule has 1 saturated carbocycles. The fourth-order valence-corrected chi connectivity index (χ4v) is 10.1. The predicted molar refractivity (Wildman–Crippen MR) is 234 cm³/mol. The Balaban J connectivity index is 0.00000548. The van der Waals surface area contributed by atoms with Gasteiger partial charge in [-0.2, -0.15) is 5.10 Å². The molecule has 18 heteroatoms. The van der Waals surface area contributed by atoms with Crippen LogP contribution < -0.4 is 50.0 Å². The molecule has 330 valence electrons. The van der Waals surface area contributed by atoms with Gasteiger partial charge in [-0.05, 0) is 80.3 Å². The van der Waals surface area contributed by atoms with Gasteiger partial charge in [0.2, 0.25) is 0 Å². The molecule has 2 aromatic heterocycles. The maximum atomic E-state index is 15.9. The standard InChI is InChI=1S/C48H38ClF2N5O8S.Na/c49-36-17-13-31-43(41(36)51)56(42(25-8-9-25)44(31)65-39-7-5-6-30(40(39)50)45(59)60)27-23-53-55(24-27)19-4-2-1-3-18-52-47(62)54-26-10-14-33-32(20-26)46(61)64-48(33)34-15-11-28(57)21-37(34)63-38-22-29(58)12-16-35(38)48;/h5-7,10-17,20-25,57-58H,1-4,8-9,18-19H2,(H,59,60)(H2,52,54,62);/q;+1/p-1. The molecule has 1 fully saturated rings. The van der Waals surface area contributed by atoms with Crippen LogP contribution in [0.3, 0.4) is 0 Å². The van der Waals surface area contributed by atoms with Crippen LogP contribution in [0.5, 0.6) is 23.0 Å². The second kappa shape index (κ2) is 18.0. The van der Waals surface area contributed by atoms with Crippen molar-refractivity contribution in [3.8, 4) is 28.7 Å². The number of hydrogen-bond donors (Lipinski definition) is 4. The van der Waals surface area contributed by atoms with Crippen molar-refractivity contribution in [3.05, 3.63) is 147 Å². The number of halogens is 3. The summed E-state index contributed by atoms with van der Waals surface area (Å²) in [4.78, 5) is 38.6. The fourth-order valence-electron chi connectivity index (χ4n) is 8.76. The van der Waals surface area contributed by atoms with Gasteiger partial charge in [0.15, 0.2) is 11.4 Å². The minimum absolute atomic E-state index is 0. The number of ether oxygens (including phenoxy) is 2. The number of carbonyl (C=O) groups is 3. The number of phenolic OH excluding ortho intramolecular Hbond substituents is 2. The number of rotatable bonds is 13. The molecular formula is C48H37ClF2N5NaO8S. The molecule has 1 aliphatic carbocycles. The van der Waals surface area contributed by atoms with Crippen LogP contribution in [0.4, 0.5) is 19.3 Å². The third kappa shape index (κ3) is 8.04. The molecule has 3 aliphatic rings. The van der Waals surface area contributed by atoms with Crippen LogP contribution in [0.2, 0.25) is 5.02 Å². The summed E-state index contributed by atoms with van der Waals surface area (Å²) in [5.74, 6) is -3.27. The maximum Gasteiger partial charge on any atom is 1.00 e. The molecule has 2 aliphatic heterocycles. The number of carboxylic acid groups (broad SMARTS) is 1. The van der Waals surface area contributed by atoms with Gasteiger partial charge in [0, 0.05) is 86.1 Å². The van der Waals surface area contributed by atoms with E-state index in [1.54, 1.807) is 51.8 Å². The zero-order chi connectivity index (χ0) is 45.1. The van der Waals surface area contributed by atoms with E-state index in [1.165, 1.54) is 42.5 Å². The van der Waals surface area contributed by atoms with Crippen molar-refractivity contribution in [3.63, 3.8) is 0 Å². The molecule has 13 nitrogen and oxygen atoms in total. The smallest absolute Gasteiger partial charge is 0.545 e. The topological polar surface area (TPSA) is 180 Å². The molecule has 0 atom stereocenters. The number of fused-ring (bicyclic) bond motifs is 7. The zero-order valence-corrected chi connectivity index (χ0v) is 38.8. The average molecular weight is 940 g/mol. The summed E-state index contributed by atoms with van der Waals surface area (Å²) in [5, 5.41) is 42.6. The van der Waals surface area contributed by atoms with Gasteiger partial charge < -0.3 is 44.8 Å². The van der Waals surface area contributed by atoms with Crippen LogP contribution in [0, 0.1) is 11.6 Å². The largest absolute Gasteiger partial charge is 1.00 e. The first-order valence-electron chi connectivity index (χ1n) is 20.9. The molecule has 7 aromatic rings. The van der Waals surface area contributed by atoms with Gasteiger partial charge in [-0.1, -0.05) is 54.4 Å². The molecule has 10 rings (SSSR count). The number of carboxylic acids is 1. The molecule has 4 heterocycles. The Labute approximate surface area is 407 Å². The van der Waals surface area contributed by atoms with Gasteiger partial charge in [0.05, 0.1) is 34.0 Å². The monoisotopic (exact) mass is 939 g/mol. The molecule has 0 saturated heterocycles. The quantitative estimate of drug-likeness (QED) is 0.0566. The van der Waals surface area contributed by atoms with Gasteiger partial charge in [0.1, 0.15) is 28.8 Å². The number of aromatic carboxylic acids is 1. The minimum Gasteiger partial charge on any atom is -0.545 e. The molecule has 0 unspecified atom stereocenters. The first kappa shape index (κ1) is 45.1. The number of phenols is 2. The van der Waals surface area contributed by atoms with Crippen LogP contribution in [0.1, 0.15) is 87.5 Å². The summed E-state index contributed by atoms with van der Waals surface area (Å²) in [6.45, 7) is 0.983. The number of aromatic hydroxyl groups is 2. The van der Waals surface area contributed by atoms with E-state index in [0.29, 0.717) is 57.9 Å². The first-order chi connectivity index (χ1) is 31.4. The van der Waals surface area contributed by atoms with E-state index in [-0.39, 0.29) is 79.5 Å². The number of urea groups is 1. The number of anilines is 1. The molecule has 4 N–H and O–H groups in total. The van der Waals surface area contributed by atoms with Gasteiger partial charge in [-0.25, -0.2) is 18.4 Å². The summed E-state index contributed by atoms with van der Waals surface area (Å²) in [7, 11) is 0. The summed E-state index contributed by atoms with van der Waals surface area (Å²) >= 11 is 7.35. The summed E-state index contributed by atoms with van der Waals surface area (Å²) in [6, 6.07) is 20.8. The third-order valence-electron chi connectivity index (χ3n) is 11.9. The number of nitrogens with zero attached hydrogens (tertiary/aromatic N) is 3. The number of esters is 1. The maximum absolute atomic E-state index is 15.9. The summed E-state index contributed by atoms with van der Waals surface area (Å²) in [6.07, 6.45) is 8.32. The fraction of sp³-hybridized carbons (Fsp3) is 0.208. The van der Waals surface area contributed by atoms with Crippen LogP contribution in [0.25, 0.3) is 16.6 Å². The van der Waals surface area contributed by atoms with Crippen LogP contribution in [-0.2, 0) is 16.9 Å². The Bertz CT molecular complexity index is 3070. The molecular weight excluding hydrogens is 903 g/mol. The molecule has 1 spiro atoms. The van der Waals surface area contributed by atoms with E-state index >= 15 is 8.78 Å². The number of hydrogen-bond acceptors (Lipinski definition) is 10. The first-order valence-corrected chi connectivity index (χ1v) is 22.1. The van der Waals surface area contributed by atoms with Gasteiger partial charge in [-0.15, -0.1) is 0 Å². The van der Waals surface area contributed by atoms with Gasteiger partial charge >= 0.3 is 41.6 Å². The summed E-state index contributed by atoms with van der Waals surface area (Å²) < 4.78 is 47.0. The second-order valence-corrected chi connectivity index (χ2v) is 17.6. The van der Waals surface area contributed by atoms with E-state index in [0.717, 1.165) is 55.6 Å². The number of unbranched alkanes of at least 4 members (excludes halogenated alkanes) is 3. The Morgan fingerprint density at radius 2 is 1.62 bits per heavy atom. The van der Waals surface area contributed by atoms with Crippen molar-refractivity contribution >= 4 is 57.9 Å². The van der Waals surface area contributed by atoms with Crippen molar-refractivity contribution < 1.29 is 77.5 Å². The SMILES string of the molecule is O=C(NCCCCCCn1cc(-n2c(C3CC3)c(Sc3cccc(C(=O)[O-])c3F)c3ccc(Cl)c(F)c32)cn1)Nc1ccc2c(c1)C(=O)OC21c2ccc(O)cc2Oc2cc(O)ccc21.[Na+]. The van der Waals surface area contributed by atoms with E-state index in [9.17, 15) is 29.7 Å². The van der Waals surface area contributed by atoms with Crippen LogP contribution >= 0.6 is 23.4 Å². The van der Waals surface area contributed by atoms with E-state index < -0.39 is 40.8 Å². The molecule has 5 aromatic carbocycles. The second-order valence-electron chi connectivity index (χ2n) is 16.1. The minimum atomic E-state index is -1.62. The number of nitrogens with one attached hydrogen (secondary N) is 2. The van der Waals surface area contributed by atoms with E-state index in [1.807, 2.05) is 6.20 Å². The molecule has 66 heavy (non-hydrogen) atoms. The molecule has 2 amide bonds. The number of carbonyl (C=O) groups excluding carboxylic acids is 3. The normalized spacial score (nSPS) is 14.2. The Kier molecular flexibility index (Phi) is 12.3. The van der Waals surface area contributed by atoms with Crippen molar-refractivity contribution in [2.75, 3.05) is 11.9 Å². The Hall–Kier alpha value is -6.04. The predicted octanol–water partition coefficient (Wildman–Crippen LogP) is 6.52. The Morgan fingerprint density at radius 3 is 2.33 bits per heavy atom. The molecule has 0 bridgehead atoms. The third-order valence-corrected chi connectivity index (χ3v) is 13.3. The zero-order valence-electron chi connectivity index (χ0n) is 35.2. The van der Waals surface area contributed by atoms with E-state index in [4.69, 9.17) is 21.1 Å². The van der Waals surface area contributed by atoms with E-state index in [2.05, 4.69) is 15.7 Å². The number of aryl methyl sites for hydroxylation is 1. The van der Waals surface area contributed by atoms with Crippen LogP contribution in [-0.4, -0.2) is 49.1 Å². The summed E-state index contributed by atoms with van der Waals surface area (Å²) in [5.41, 5.74) is 1.81. The van der Waals surface area contributed by atoms with Crippen molar-refractivity contribution in [1.82, 2.24) is 19.7 Å². The van der Waals surface area contributed by atoms with Crippen molar-refractivity contribution in [1.29, 1.82) is 0 Å². The van der Waals surface area contributed by atoms with Crippen molar-refractivity contribution in [2.45, 2.75) is 66.4 Å². The van der Waals surface area contributed by atoms with Gasteiger partial charge in [-0.3, -0.25) is 4.68 Å². The number of amides is 2. The number of benzene rings is 5. The van der Waals surface area contributed by atoms with Gasteiger partial charge in [0.25, 0.3) is 0 Å². The molecule has 0 radical (unpaired) electrons. The average Bonchev–Trinajstić information content (AvgIpc) is 3.82. The number of aromatic nitrogens is 3. The Morgan fingerprint density at radius 1 is 0.909 bits per heavy atom.